The first-order valence-corrected chi connectivity index (χ1v) is 10.0. The number of fused-ring (bicyclic) bond motifs is 1. The summed E-state index contributed by atoms with van der Waals surface area (Å²) >= 11 is 1.45. The largest absolute Gasteiger partial charge is 0.269 e. The Kier molecular flexibility index (Phi) is 4.95. The molecule has 7 nitrogen and oxygen atoms in total. The van der Waals surface area contributed by atoms with Crippen LogP contribution >= 0.6 is 11.8 Å². The zero-order valence-corrected chi connectivity index (χ0v) is 16.7. The van der Waals surface area contributed by atoms with E-state index in [2.05, 4.69) is 46.5 Å². The van der Waals surface area contributed by atoms with Gasteiger partial charge in [-0.3, -0.25) is 9.20 Å². The molecule has 0 saturated carbocycles. The molecule has 4 aromatic rings. The fourth-order valence-electron chi connectivity index (χ4n) is 3.01. The van der Waals surface area contributed by atoms with Crippen LogP contribution in [0.5, 0.6) is 0 Å². The third-order valence-corrected chi connectivity index (χ3v) is 5.48. The summed E-state index contributed by atoms with van der Waals surface area (Å²) < 4.78 is 3.31. The second kappa shape index (κ2) is 7.55. The van der Waals surface area contributed by atoms with Crippen LogP contribution in [-0.4, -0.2) is 29.6 Å². The number of thioether (sulfide) groups is 1. The highest BCUT2D eigenvalue weighted by Gasteiger charge is 2.11. The normalized spacial score (nSPS) is 11.4. The minimum Gasteiger partial charge on any atom is -0.269 e. The van der Waals surface area contributed by atoms with Gasteiger partial charge in [-0.05, 0) is 53.1 Å². The minimum atomic E-state index is -0.0810. The van der Waals surface area contributed by atoms with Crippen molar-refractivity contribution in [1.82, 2.24) is 29.6 Å². The lowest BCUT2D eigenvalue weighted by atomic mass is 10.0. The second-order valence-electron chi connectivity index (χ2n) is 6.85. The van der Waals surface area contributed by atoms with E-state index in [0.29, 0.717) is 28.2 Å². The Balaban J connectivity index is 1.58. The average molecular weight is 392 g/mol. The number of benzene rings is 1. The Hall–Kier alpha value is -3.00. The predicted octanol–water partition coefficient (Wildman–Crippen LogP) is 3.39. The molecule has 142 valence electrons. The van der Waals surface area contributed by atoms with E-state index >= 15 is 0 Å². The van der Waals surface area contributed by atoms with Gasteiger partial charge in [0.1, 0.15) is 5.65 Å². The number of pyridine rings is 1. The first-order valence-electron chi connectivity index (χ1n) is 9.03. The molecular weight excluding hydrogens is 372 g/mol. The molecule has 3 aromatic heterocycles. The van der Waals surface area contributed by atoms with Crippen molar-refractivity contribution in [3.8, 4) is 5.69 Å². The van der Waals surface area contributed by atoms with Crippen LogP contribution in [0.1, 0.15) is 36.7 Å². The molecule has 0 aliphatic rings. The minimum absolute atomic E-state index is 0.0810. The molecular formula is C20H20N6OS. The summed E-state index contributed by atoms with van der Waals surface area (Å²) in [4.78, 5) is 17.0. The second-order valence-corrected chi connectivity index (χ2v) is 7.80. The highest BCUT2D eigenvalue weighted by atomic mass is 32.2. The molecule has 8 heteroatoms. The van der Waals surface area contributed by atoms with Gasteiger partial charge in [0.15, 0.2) is 0 Å². The lowest BCUT2D eigenvalue weighted by molar-refractivity contribution is 0.754. The molecule has 0 aliphatic carbocycles. The summed E-state index contributed by atoms with van der Waals surface area (Å²) in [6.07, 6.45) is 0. The smallest absolute Gasteiger partial charge is 0.258 e. The predicted molar refractivity (Wildman–Crippen MR) is 109 cm³/mol. The highest BCUT2D eigenvalue weighted by molar-refractivity contribution is 7.98. The van der Waals surface area contributed by atoms with Crippen molar-refractivity contribution in [2.45, 2.75) is 37.6 Å². The maximum absolute atomic E-state index is 12.4. The van der Waals surface area contributed by atoms with E-state index in [-0.39, 0.29) is 5.56 Å². The topological polar surface area (TPSA) is 78.0 Å². The van der Waals surface area contributed by atoms with Crippen LogP contribution in [0.3, 0.4) is 0 Å². The van der Waals surface area contributed by atoms with Gasteiger partial charge in [-0.15, -0.1) is 5.10 Å². The molecule has 0 amide bonds. The third kappa shape index (κ3) is 3.55. The zero-order valence-electron chi connectivity index (χ0n) is 15.9. The van der Waals surface area contributed by atoms with Crippen molar-refractivity contribution in [3.05, 3.63) is 75.8 Å². The van der Waals surface area contributed by atoms with E-state index in [1.165, 1.54) is 17.3 Å². The Bertz CT molecular complexity index is 1180. The van der Waals surface area contributed by atoms with E-state index in [4.69, 9.17) is 0 Å². The maximum Gasteiger partial charge on any atom is 0.258 e. The van der Waals surface area contributed by atoms with Crippen molar-refractivity contribution >= 4 is 17.4 Å². The lowest BCUT2D eigenvalue weighted by Gasteiger charge is -2.08. The van der Waals surface area contributed by atoms with Gasteiger partial charge in [0.05, 0.1) is 11.4 Å². The van der Waals surface area contributed by atoms with E-state index in [1.54, 1.807) is 15.1 Å². The maximum atomic E-state index is 12.4. The molecule has 0 unspecified atom stereocenters. The lowest BCUT2D eigenvalue weighted by Crippen LogP contribution is -2.17. The standard InChI is InChI=1S/C20H20N6OS/c1-13(2)15-7-9-17(10-8-15)26-20(22-23-24-26)28-12-16-11-19(27)25-14(3)5-4-6-18(25)21-16/h4-11,13H,12H2,1-3H3. The molecule has 0 atom stereocenters. The van der Waals surface area contributed by atoms with Gasteiger partial charge >= 0.3 is 0 Å². The molecule has 28 heavy (non-hydrogen) atoms. The molecule has 1 aromatic carbocycles. The molecule has 4 rings (SSSR count). The Labute approximate surface area is 166 Å². The van der Waals surface area contributed by atoms with Crippen molar-refractivity contribution in [3.63, 3.8) is 0 Å². The quantitative estimate of drug-likeness (QED) is 0.485. The molecule has 0 radical (unpaired) electrons. The molecule has 3 heterocycles. The molecule has 0 saturated heterocycles. The monoisotopic (exact) mass is 392 g/mol. The summed E-state index contributed by atoms with van der Waals surface area (Å²) in [6, 6.07) is 15.4. The molecule has 0 spiro atoms. The summed E-state index contributed by atoms with van der Waals surface area (Å²) in [6.45, 7) is 6.21. The fourth-order valence-corrected chi connectivity index (χ4v) is 3.79. The first-order chi connectivity index (χ1) is 13.5. The van der Waals surface area contributed by atoms with Gasteiger partial charge in [-0.25, -0.2) is 4.98 Å². The number of rotatable bonds is 5. The number of aromatic nitrogens is 6. The van der Waals surface area contributed by atoms with E-state index in [0.717, 1.165) is 11.4 Å². The number of hydrogen-bond acceptors (Lipinski definition) is 6. The van der Waals surface area contributed by atoms with E-state index < -0.39 is 0 Å². The van der Waals surface area contributed by atoms with Crippen molar-refractivity contribution in [1.29, 1.82) is 0 Å². The Morgan fingerprint density at radius 1 is 1.11 bits per heavy atom. The number of hydrogen-bond donors (Lipinski definition) is 0. The molecule has 0 aliphatic heterocycles. The van der Waals surface area contributed by atoms with Gasteiger partial charge in [0, 0.05) is 17.5 Å². The first kappa shape index (κ1) is 18.4. The van der Waals surface area contributed by atoms with Crippen molar-refractivity contribution in [2.24, 2.45) is 0 Å². The Morgan fingerprint density at radius 2 is 1.89 bits per heavy atom. The van der Waals surface area contributed by atoms with Crippen molar-refractivity contribution in [2.75, 3.05) is 0 Å². The van der Waals surface area contributed by atoms with Gasteiger partial charge in [0.2, 0.25) is 5.16 Å². The average Bonchev–Trinajstić information content (AvgIpc) is 3.15. The van der Waals surface area contributed by atoms with Crippen LogP contribution in [0.4, 0.5) is 0 Å². The number of tetrazole rings is 1. The number of aryl methyl sites for hydroxylation is 1. The van der Waals surface area contributed by atoms with Crippen LogP contribution in [0, 0.1) is 6.92 Å². The zero-order chi connectivity index (χ0) is 19.7. The van der Waals surface area contributed by atoms with Crippen LogP contribution in [0.15, 0.2) is 58.5 Å². The van der Waals surface area contributed by atoms with Crippen LogP contribution < -0.4 is 5.56 Å². The summed E-state index contributed by atoms with van der Waals surface area (Å²) in [5.41, 5.74) is 4.30. The summed E-state index contributed by atoms with van der Waals surface area (Å²) in [7, 11) is 0. The van der Waals surface area contributed by atoms with Crippen LogP contribution in [0.2, 0.25) is 0 Å². The summed E-state index contributed by atoms with van der Waals surface area (Å²) in [5, 5.41) is 12.7. The molecule has 0 bridgehead atoms. The SMILES string of the molecule is Cc1cccc2nc(CSc3nnnn3-c3ccc(C(C)C)cc3)cc(=O)n12. The Morgan fingerprint density at radius 3 is 2.64 bits per heavy atom. The van der Waals surface area contributed by atoms with E-state index in [1.807, 2.05) is 37.3 Å². The molecule has 0 N–H and O–H groups in total. The van der Waals surface area contributed by atoms with Crippen LogP contribution in [-0.2, 0) is 5.75 Å². The fraction of sp³-hybridized carbons (Fsp3) is 0.250. The summed E-state index contributed by atoms with van der Waals surface area (Å²) in [5.74, 6) is 0.975. The third-order valence-electron chi connectivity index (χ3n) is 4.53. The van der Waals surface area contributed by atoms with Gasteiger partial charge in [0.25, 0.3) is 5.56 Å². The van der Waals surface area contributed by atoms with Gasteiger partial charge in [-0.2, -0.15) is 4.68 Å². The van der Waals surface area contributed by atoms with E-state index in [9.17, 15) is 4.79 Å². The molecule has 0 fully saturated rings. The van der Waals surface area contributed by atoms with Crippen LogP contribution in [0.25, 0.3) is 11.3 Å². The van der Waals surface area contributed by atoms with Gasteiger partial charge < -0.3 is 0 Å². The highest BCUT2D eigenvalue weighted by Crippen LogP contribution is 2.23. The number of nitrogens with zero attached hydrogens (tertiary/aromatic N) is 6. The van der Waals surface area contributed by atoms with Crippen molar-refractivity contribution < 1.29 is 0 Å². The van der Waals surface area contributed by atoms with Gasteiger partial charge in [-0.1, -0.05) is 43.8 Å².